The van der Waals surface area contributed by atoms with E-state index < -0.39 is 41.6 Å². The molecule has 24 heavy (non-hydrogen) atoms. The van der Waals surface area contributed by atoms with Crippen LogP contribution in [0.3, 0.4) is 0 Å². The molecule has 1 fully saturated rings. The number of esters is 2. The van der Waals surface area contributed by atoms with E-state index >= 15 is 0 Å². The molecule has 1 aromatic rings. The first-order chi connectivity index (χ1) is 11.3. The van der Waals surface area contributed by atoms with E-state index in [1.165, 1.54) is 13.8 Å². The standard InChI is InChI=1S/C14H15N3O7/c1-7(18)22-6-11-10(23-8(2)19)4-13(24-11)17-9(5-15)3-12(20)16-14(17)21/h3,10-11,13H,4,6H2,1-2H3,(H,16,20,21)/t10-,11-,13+/m0/s1. The van der Waals surface area contributed by atoms with Crippen LogP contribution in [0.25, 0.3) is 0 Å². The van der Waals surface area contributed by atoms with E-state index in [1.807, 2.05) is 4.98 Å². The highest BCUT2D eigenvalue weighted by atomic mass is 16.6. The molecule has 1 saturated heterocycles. The average Bonchev–Trinajstić information content (AvgIpc) is 2.85. The molecular formula is C14H15N3O7. The fraction of sp³-hybridized carbons (Fsp3) is 0.500. The van der Waals surface area contributed by atoms with Gasteiger partial charge in [0, 0.05) is 26.3 Å². The summed E-state index contributed by atoms with van der Waals surface area (Å²) in [6.45, 7) is 2.25. The van der Waals surface area contributed by atoms with Crippen molar-refractivity contribution in [1.29, 1.82) is 5.26 Å². The molecule has 0 saturated carbocycles. The Hall–Kier alpha value is -2.93. The normalized spacial score (nSPS) is 22.6. The smallest absolute Gasteiger partial charge is 0.331 e. The van der Waals surface area contributed by atoms with Crippen molar-refractivity contribution in [3.8, 4) is 6.07 Å². The lowest BCUT2D eigenvalue weighted by Crippen LogP contribution is -2.34. The Kier molecular flexibility index (Phi) is 5.15. The summed E-state index contributed by atoms with van der Waals surface area (Å²) in [4.78, 5) is 47.5. The number of aromatic nitrogens is 2. The fourth-order valence-electron chi connectivity index (χ4n) is 2.42. The number of ether oxygens (including phenoxy) is 3. The molecule has 1 aromatic heterocycles. The summed E-state index contributed by atoms with van der Waals surface area (Å²) in [7, 11) is 0. The van der Waals surface area contributed by atoms with Crippen molar-refractivity contribution in [1.82, 2.24) is 9.55 Å². The number of hydrogen-bond donors (Lipinski definition) is 1. The quantitative estimate of drug-likeness (QED) is 0.703. The zero-order valence-electron chi connectivity index (χ0n) is 13.0. The molecule has 3 atom stereocenters. The number of aromatic amines is 1. The molecule has 0 amide bonds. The van der Waals surface area contributed by atoms with Crippen LogP contribution in [0.5, 0.6) is 0 Å². The Bertz CT molecular complexity index is 804. The number of H-pyrrole nitrogens is 1. The predicted octanol–water partition coefficient (Wildman–Crippen LogP) is -0.809. The Morgan fingerprint density at radius 3 is 2.71 bits per heavy atom. The molecule has 128 valence electrons. The average molecular weight is 337 g/mol. The van der Waals surface area contributed by atoms with Crippen molar-refractivity contribution in [2.45, 2.75) is 38.7 Å². The van der Waals surface area contributed by atoms with Gasteiger partial charge >= 0.3 is 17.6 Å². The van der Waals surface area contributed by atoms with E-state index in [0.717, 1.165) is 10.6 Å². The van der Waals surface area contributed by atoms with Gasteiger partial charge in [-0.1, -0.05) is 0 Å². The van der Waals surface area contributed by atoms with Crippen molar-refractivity contribution in [3.63, 3.8) is 0 Å². The summed E-state index contributed by atoms with van der Waals surface area (Å²) in [5.41, 5.74) is -1.72. The van der Waals surface area contributed by atoms with Crippen LogP contribution in [-0.2, 0) is 23.8 Å². The number of rotatable bonds is 4. The number of carbonyl (C=O) groups excluding carboxylic acids is 2. The van der Waals surface area contributed by atoms with Gasteiger partial charge in [-0.3, -0.25) is 23.9 Å². The Morgan fingerprint density at radius 1 is 1.42 bits per heavy atom. The number of nitrogens with one attached hydrogen (secondary N) is 1. The van der Waals surface area contributed by atoms with Crippen LogP contribution < -0.4 is 11.2 Å². The first kappa shape index (κ1) is 17.4. The summed E-state index contributed by atoms with van der Waals surface area (Å²) in [6, 6.07) is 2.71. The molecular weight excluding hydrogens is 322 g/mol. The van der Waals surface area contributed by atoms with E-state index in [0.29, 0.717) is 0 Å². The molecule has 1 N–H and O–H groups in total. The molecule has 0 unspecified atom stereocenters. The van der Waals surface area contributed by atoms with Gasteiger partial charge in [0.15, 0.2) is 0 Å². The Morgan fingerprint density at radius 2 is 2.12 bits per heavy atom. The van der Waals surface area contributed by atoms with Gasteiger partial charge in [0.25, 0.3) is 5.56 Å². The summed E-state index contributed by atoms with van der Waals surface area (Å²) in [6.07, 6.45) is -2.45. The third-order valence-corrected chi connectivity index (χ3v) is 3.33. The van der Waals surface area contributed by atoms with Gasteiger partial charge in [-0.2, -0.15) is 5.26 Å². The lowest BCUT2D eigenvalue weighted by molar-refractivity contribution is -0.155. The molecule has 0 aliphatic carbocycles. The van der Waals surface area contributed by atoms with E-state index in [1.54, 1.807) is 6.07 Å². The molecule has 1 aliphatic rings. The van der Waals surface area contributed by atoms with Crippen LogP contribution in [0.15, 0.2) is 15.7 Å². The zero-order chi connectivity index (χ0) is 17.9. The summed E-state index contributed by atoms with van der Waals surface area (Å²) in [5.74, 6) is -1.10. The first-order valence-electron chi connectivity index (χ1n) is 7.03. The lowest BCUT2D eigenvalue weighted by atomic mass is 10.2. The van der Waals surface area contributed by atoms with E-state index in [4.69, 9.17) is 19.5 Å². The van der Waals surface area contributed by atoms with E-state index in [9.17, 15) is 19.2 Å². The minimum atomic E-state index is -0.950. The second-order valence-electron chi connectivity index (χ2n) is 5.12. The van der Waals surface area contributed by atoms with E-state index in [2.05, 4.69) is 0 Å². The van der Waals surface area contributed by atoms with Gasteiger partial charge in [-0.05, 0) is 0 Å². The largest absolute Gasteiger partial charge is 0.463 e. The molecule has 1 aliphatic heterocycles. The van der Waals surface area contributed by atoms with Crippen LogP contribution >= 0.6 is 0 Å². The molecule has 0 spiro atoms. The molecule has 2 heterocycles. The fourth-order valence-corrected chi connectivity index (χ4v) is 2.42. The summed E-state index contributed by atoms with van der Waals surface area (Å²) >= 11 is 0. The van der Waals surface area contributed by atoms with Crippen LogP contribution in [-0.4, -0.2) is 40.3 Å². The van der Waals surface area contributed by atoms with Crippen molar-refractivity contribution >= 4 is 11.9 Å². The monoisotopic (exact) mass is 337 g/mol. The van der Waals surface area contributed by atoms with Gasteiger partial charge in [-0.25, -0.2) is 4.79 Å². The molecule has 10 nitrogen and oxygen atoms in total. The molecule has 0 radical (unpaired) electrons. The molecule has 2 rings (SSSR count). The summed E-state index contributed by atoms with van der Waals surface area (Å²) in [5, 5.41) is 9.11. The third kappa shape index (κ3) is 3.88. The number of carbonyl (C=O) groups is 2. The van der Waals surface area contributed by atoms with Gasteiger partial charge < -0.3 is 14.2 Å². The van der Waals surface area contributed by atoms with Crippen LogP contribution in [0.4, 0.5) is 0 Å². The second kappa shape index (κ2) is 7.10. The van der Waals surface area contributed by atoms with E-state index in [-0.39, 0.29) is 18.7 Å². The van der Waals surface area contributed by atoms with Crippen molar-refractivity contribution in [3.05, 3.63) is 32.6 Å². The lowest BCUT2D eigenvalue weighted by Gasteiger charge is -2.17. The van der Waals surface area contributed by atoms with Gasteiger partial charge in [0.1, 0.15) is 36.8 Å². The van der Waals surface area contributed by atoms with Crippen LogP contribution in [0, 0.1) is 11.3 Å². The SMILES string of the molecule is CC(=O)OC[C@@H]1O[C@@H](n2c(C#N)cc(=O)[nH]c2=O)C[C@@H]1OC(C)=O. The van der Waals surface area contributed by atoms with Crippen molar-refractivity contribution < 1.29 is 23.8 Å². The molecule has 0 bridgehead atoms. The Labute approximate surface area is 135 Å². The highest BCUT2D eigenvalue weighted by molar-refractivity contribution is 5.66. The van der Waals surface area contributed by atoms with Crippen LogP contribution in [0.2, 0.25) is 0 Å². The van der Waals surface area contributed by atoms with Gasteiger partial charge in [0.05, 0.1) is 0 Å². The van der Waals surface area contributed by atoms with Gasteiger partial charge in [-0.15, -0.1) is 0 Å². The maximum atomic E-state index is 12.0. The Balaban J connectivity index is 2.31. The first-order valence-corrected chi connectivity index (χ1v) is 7.03. The highest BCUT2D eigenvalue weighted by Gasteiger charge is 2.40. The zero-order valence-corrected chi connectivity index (χ0v) is 13.0. The second-order valence-corrected chi connectivity index (χ2v) is 5.12. The number of nitrogens with zero attached hydrogens (tertiary/aromatic N) is 2. The van der Waals surface area contributed by atoms with Crippen molar-refractivity contribution in [2.75, 3.05) is 6.61 Å². The predicted molar refractivity (Wildman–Crippen MR) is 76.8 cm³/mol. The number of hydrogen-bond acceptors (Lipinski definition) is 8. The third-order valence-electron chi connectivity index (χ3n) is 3.33. The number of nitriles is 1. The minimum Gasteiger partial charge on any atom is -0.463 e. The minimum absolute atomic E-state index is 0.0616. The van der Waals surface area contributed by atoms with Crippen molar-refractivity contribution in [2.24, 2.45) is 0 Å². The molecule has 10 heteroatoms. The topological polar surface area (TPSA) is 140 Å². The maximum absolute atomic E-state index is 12.0. The molecule has 0 aromatic carbocycles. The maximum Gasteiger partial charge on any atom is 0.331 e. The summed E-state index contributed by atoms with van der Waals surface area (Å²) < 4.78 is 16.6. The van der Waals surface area contributed by atoms with Crippen LogP contribution in [0.1, 0.15) is 32.2 Å². The van der Waals surface area contributed by atoms with Gasteiger partial charge in [0.2, 0.25) is 0 Å². The highest BCUT2D eigenvalue weighted by Crippen LogP contribution is 2.30.